The Hall–Kier alpha value is -1.97. The van der Waals surface area contributed by atoms with Crippen molar-refractivity contribution in [2.24, 2.45) is 5.73 Å². The third kappa shape index (κ3) is 2.89. The van der Waals surface area contributed by atoms with Gasteiger partial charge >= 0.3 is 0 Å². The van der Waals surface area contributed by atoms with Crippen molar-refractivity contribution in [3.63, 3.8) is 0 Å². The molecule has 3 aromatic rings. The first-order valence-electron chi connectivity index (χ1n) is 6.84. The van der Waals surface area contributed by atoms with Gasteiger partial charge < -0.3 is 14.9 Å². The predicted molar refractivity (Wildman–Crippen MR) is 84.9 cm³/mol. The van der Waals surface area contributed by atoms with Crippen LogP contribution in [-0.2, 0) is 0 Å². The summed E-state index contributed by atoms with van der Waals surface area (Å²) in [5, 5.41) is 1.64. The van der Waals surface area contributed by atoms with Crippen LogP contribution in [0.15, 0.2) is 52.9 Å². The molecule has 0 saturated carbocycles. The van der Waals surface area contributed by atoms with Crippen molar-refractivity contribution in [3.05, 3.63) is 64.9 Å². The zero-order chi connectivity index (χ0) is 14.8. The highest BCUT2D eigenvalue weighted by atomic mass is 35.5. The van der Waals surface area contributed by atoms with Crippen LogP contribution >= 0.6 is 11.6 Å². The Balaban J connectivity index is 1.90. The van der Waals surface area contributed by atoms with E-state index in [4.69, 9.17) is 26.5 Å². The van der Waals surface area contributed by atoms with Gasteiger partial charge in [-0.15, -0.1) is 0 Å². The average Bonchev–Trinajstić information content (AvgIpc) is 2.90. The molecule has 0 radical (unpaired) electrons. The van der Waals surface area contributed by atoms with E-state index in [-0.39, 0.29) is 6.04 Å². The molecular weight excluding hydrogens is 286 g/mol. The van der Waals surface area contributed by atoms with Crippen LogP contribution in [0.2, 0.25) is 5.02 Å². The summed E-state index contributed by atoms with van der Waals surface area (Å²) < 4.78 is 11.2. The second-order valence-electron chi connectivity index (χ2n) is 4.81. The molecule has 3 rings (SSSR count). The molecule has 0 bridgehead atoms. The summed E-state index contributed by atoms with van der Waals surface area (Å²) in [5.41, 5.74) is 8.04. The van der Waals surface area contributed by atoms with E-state index in [2.05, 4.69) is 0 Å². The van der Waals surface area contributed by atoms with Crippen molar-refractivity contribution in [3.8, 4) is 5.75 Å². The van der Waals surface area contributed by atoms with Crippen molar-refractivity contribution in [2.75, 3.05) is 6.61 Å². The smallest absolute Gasteiger partial charge is 0.134 e. The van der Waals surface area contributed by atoms with Crippen LogP contribution in [0.5, 0.6) is 5.75 Å². The minimum atomic E-state index is -0.313. The lowest BCUT2D eigenvalue weighted by Gasteiger charge is -2.10. The molecule has 0 aliphatic rings. The van der Waals surface area contributed by atoms with Gasteiger partial charge in [0, 0.05) is 10.4 Å². The largest absolute Gasteiger partial charge is 0.494 e. The zero-order valence-electron chi connectivity index (χ0n) is 11.7. The maximum atomic E-state index is 6.27. The van der Waals surface area contributed by atoms with Crippen molar-refractivity contribution >= 4 is 22.6 Å². The predicted octanol–water partition coefficient (Wildman–Crippen LogP) is 4.53. The molecule has 3 nitrogen and oxygen atoms in total. The minimum Gasteiger partial charge on any atom is -0.494 e. The molecule has 0 fully saturated rings. The number of ether oxygens (including phenoxy) is 1. The third-order valence-electron chi connectivity index (χ3n) is 3.35. The van der Waals surface area contributed by atoms with Crippen LogP contribution in [0.4, 0.5) is 0 Å². The van der Waals surface area contributed by atoms with Crippen molar-refractivity contribution in [2.45, 2.75) is 13.0 Å². The lowest BCUT2D eigenvalue weighted by molar-refractivity contribution is 0.340. The lowest BCUT2D eigenvalue weighted by Crippen LogP contribution is -2.10. The number of benzene rings is 2. The van der Waals surface area contributed by atoms with Crippen LogP contribution in [0.25, 0.3) is 11.0 Å². The number of halogens is 1. The Morgan fingerprint density at radius 3 is 2.62 bits per heavy atom. The number of hydrogen-bond acceptors (Lipinski definition) is 3. The molecule has 2 aromatic carbocycles. The highest BCUT2D eigenvalue weighted by Crippen LogP contribution is 2.29. The monoisotopic (exact) mass is 301 g/mol. The first kappa shape index (κ1) is 14.0. The number of nitrogens with two attached hydrogens (primary N) is 1. The minimum absolute atomic E-state index is 0.313. The molecular formula is C17H16ClNO2. The maximum absolute atomic E-state index is 6.27. The van der Waals surface area contributed by atoms with Crippen LogP contribution in [0.3, 0.4) is 0 Å². The Bertz CT molecular complexity index is 749. The van der Waals surface area contributed by atoms with Gasteiger partial charge in [0.05, 0.1) is 12.6 Å². The summed E-state index contributed by atoms with van der Waals surface area (Å²) in [5.74, 6) is 1.56. The fourth-order valence-corrected chi connectivity index (χ4v) is 2.47. The molecule has 1 aromatic heterocycles. The Kier molecular flexibility index (Phi) is 3.86. The van der Waals surface area contributed by atoms with E-state index < -0.39 is 0 Å². The molecule has 0 amide bonds. The van der Waals surface area contributed by atoms with Crippen LogP contribution in [0, 0.1) is 0 Å². The molecule has 1 atom stereocenters. The van der Waals surface area contributed by atoms with E-state index >= 15 is 0 Å². The molecule has 0 saturated heterocycles. The van der Waals surface area contributed by atoms with Gasteiger partial charge in [-0.3, -0.25) is 0 Å². The molecule has 0 aliphatic heterocycles. The lowest BCUT2D eigenvalue weighted by atomic mass is 10.1. The van der Waals surface area contributed by atoms with E-state index in [1.54, 1.807) is 6.07 Å². The normalized spacial score (nSPS) is 12.5. The number of furan rings is 1. The fourth-order valence-electron chi connectivity index (χ4n) is 2.29. The van der Waals surface area contributed by atoms with E-state index in [1.165, 1.54) is 0 Å². The highest BCUT2D eigenvalue weighted by molar-refractivity contribution is 6.31. The van der Waals surface area contributed by atoms with E-state index in [0.717, 1.165) is 28.0 Å². The summed E-state index contributed by atoms with van der Waals surface area (Å²) in [7, 11) is 0. The Labute approximate surface area is 128 Å². The summed E-state index contributed by atoms with van der Waals surface area (Å²) >= 11 is 5.98. The van der Waals surface area contributed by atoms with Gasteiger partial charge in [-0.1, -0.05) is 23.7 Å². The molecule has 2 N–H and O–H groups in total. The third-order valence-corrected chi connectivity index (χ3v) is 3.59. The quantitative estimate of drug-likeness (QED) is 0.770. The number of fused-ring (bicyclic) bond motifs is 1. The number of rotatable bonds is 4. The molecule has 4 heteroatoms. The van der Waals surface area contributed by atoms with Gasteiger partial charge in [0.15, 0.2) is 0 Å². The van der Waals surface area contributed by atoms with Crippen molar-refractivity contribution < 1.29 is 9.15 Å². The SMILES string of the molecule is CCOc1ccc(C(N)c2cc3cc(Cl)ccc3o2)cc1. The van der Waals surface area contributed by atoms with E-state index in [1.807, 2.05) is 49.4 Å². The highest BCUT2D eigenvalue weighted by Gasteiger charge is 2.14. The molecule has 0 spiro atoms. The second kappa shape index (κ2) is 5.80. The fraction of sp³-hybridized carbons (Fsp3) is 0.176. The molecule has 108 valence electrons. The zero-order valence-corrected chi connectivity index (χ0v) is 12.4. The molecule has 21 heavy (non-hydrogen) atoms. The first-order valence-corrected chi connectivity index (χ1v) is 7.22. The van der Waals surface area contributed by atoms with Crippen molar-refractivity contribution in [1.29, 1.82) is 0 Å². The van der Waals surface area contributed by atoms with Gasteiger partial charge in [0.25, 0.3) is 0 Å². The van der Waals surface area contributed by atoms with Gasteiger partial charge in [0.2, 0.25) is 0 Å². The van der Waals surface area contributed by atoms with Crippen LogP contribution < -0.4 is 10.5 Å². The second-order valence-corrected chi connectivity index (χ2v) is 5.25. The van der Waals surface area contributed by atoms with Gasteiger partial charge in [0.1, 0.15) is 17.1 Å². The van der Waals surface area contributed by atoms with Crippen molar-refractivity contribution in [1.82, 2.24) is 0 Å². The Morgan fingerprint density at radius 2 is 1.90 bits per heavy atom. The summed E-state index contributed by atoms with van der Waals surface area (Å²) in [6.45, 7) is 2.61. The van der Waals surface area contributed by atoms with E-state index in [0.29, 0.717) is 11.6 Å². The summed E-state index contributed by atoms with van der Waals surface area (Å²) in [6, 6.07) is 14.9. The molecule has 1 unspecified atom stereocenters. The number of hydrogen-bond donors (Lipinski definition) is 1. The van der Waals surface area contributed by atoms with Gasteiger partial charge in [-0.05, 0) is 48.9 Å². The topological polar surface area (TPSA) is 48.4 Å². The van der Waals surface area contributed by atoms with Crippen LogP contribution in [-0.4, -0.2) is 6.61 Å². The first-order chi connectivity index (χ1) is 10.2. The summed E-state index contributed by atoms with van der Waals surface area (Å²) in [4.78, 5) is 0. The van der Waals surface area contributed by atoms with Crippen LogP contribution in [0.1, 0.15) is 24.3 Å². The standard InChI is InChI=1S/C17H16ClNO2/c1-2-20-14-6-3-11(4-7-14)17(19)16-10-12-9-13(18)5-8-15(12)21-16/h3-10,17H,2,19H2,1H3. The van der Waals surface area contributed by atoms with Gasteiger partial charge in [-0.25, -0.2) is 0 Å². The maximum Gasteiger partial charge on any atom is 0.134 e. The van der Waals surface area contributed by atoms with Gasteiger partial charge in [-0.2, -0.15) is 0 Å². The molecule has 1 heterocycles. The Morgan fingerprint density at radius 1 is 1.14 bits per heavy atom. The summed E-state index contributed by atoms with van der Waals surface area (Å²) in [6.07, 6.45) is 0. The molecule has 0 aliphatic carbocycles. The average molecular weight is 302 g/mol. The van der Waals surface area contributed by atoms with E-state index in [9.17, 15) is 0 Å².